The highest BCUT2D eigenvalue weighted by atomic mass is 79.9. The molecule has 0 spiro atoms. The summed E-state index contributed by atoms with van der Waals surface area (Å²) in [6.45, 7) is 4.53. The van der Waals surface area contributed by atoms with Crippen LogP contribution in [0.15, 0.2) is 15.9 Å². The fourth-order valence-electron chi connectivity index (χ4n) is 2.70. The van der Waals surface area contributed by atoms with Gasteiger partial charge in [0.05, 0.1) is 4.88 Å². The first kappa shape index (κ1) is 12.6. The molecule has 1 heterocycles. The summed E-state index contributed by atoms with van der Waals surface area (Å²) in [5.74, 6) is 1.33. The maximum atomic E-state index is 10.8. The van der Waals surface area contributed by atoms with Gasteiger partial charge < -0.3 is 5.11 Å². The van der Waals surface area contributed by atoms with Crippen molar-refractivity contribution in [1.82, 2.24) is 0 Å². The minimum absolute atomic E-state index is 0.583. The quantitative estimate of drug-likeness (QED) is 0.850. The fraction of sp³-hybridized carbons (Fsp3) is 0.692. The van der Waals surface area contributed by atoms with Crippen molar-refractivity contribution in [2.24, 2.45) is 11.8 Å². The van der Waals surface area contributed by atoms with E-state index in [1.165, 1.54) is 6.42 Å². The zero-order chi connectivity index (χ0) is 11.8. The summed E-state index contributed by atoms with van der Waals surface area (Å²) in [4.78, 5) is 1.12. The van der Waals surface area contributed by atoms with Gasteiger partial charge in [0.1, 0.15) is 5.60 Å². The monoisotopic (exact) mass is 302 g/mol. The van der Waals surface area contributed by atoms with E-state index in [-0.39, 0.29) is 0 Å². The summed E-state index contributed by atoms with van der Waals surface area (Å²) in [6, 6.07) is 2.04. The molecule has 0 amide bonds. The molecule has 90 valence electrons. The van der Waals surface area contributed by atoms with Crippen molar-refractivity contribution in [3.63, 3.8) is 0 Å². The predicted molar refractivity (Wildman–Crippen MR) is 72.7 cm³/mol. The Bertz CT molecular complexity index is 361. The number of halogens is 1. The molecule has 1 aliphatic rings. The molecule has 1 aliphatic carbocycles. The SMILES string of the molecule is CC(C)C1CCCC(O)(c2sccc2Br)C1. The first-order valence-corrected chi connectivity index (χ1v) is 7.66. The van der Waals surface area contributed by atoms with Crippen molar-refractivity contribution in [1.29, 1.82) is 0 Å². The Morgan fingerprint density at radius 2 is 2.31 bits per heavy atom. The molecule has 0 bridgehead atoms. The summed E-state index contributed by atoms with van der Waals surface area (Å²) < 4.78 is 1.07. The molecule has 16 heavy (non-hydrogen) atoms. The van der Waals surface area contributed by atoms with Crippen LogP contribution in [0, 0.1) is 11.8 Å². The van der Waals surface area contributed by atoms with Gasteiger partial charge in [-0.2, -0.15) is 0 Å². The number of thiophene rings is 1. The summed E-state index contributed by atoms with van der Waals surface area (Å²) in [6.07, 6.45) is 4.24. The Balaban J connectivity index is 2.22. The Kier molecular flexibility index (Phi) is 3.77. The normalized spacial score (nSPS) is 30.9. The van der Waals surface area contributed by atoms with E-state index >= 15 is 0 Å². The van der Waals surface area contributed by atoms with Crippen molar-refractivity contribution < 1.29 is 5.11 Å². The average molecular weight is 303 g/mol. The van der Waals surface area contributed by atoms with Gasteiger partial charge in [-0.3, -0.25) is 0 Å². The Morgan fingerprint density at radius 3 is 2.88 bits per heavy atom. The molecule has 1 saturated carbocycles. The van der Waals surface area contributed by atoms with Crippen molar-refractivity contribution in [3.05, 3.63) is 20.8 Å². The predicted octanol–water partition coefficient (Wildman–Crippen LogP) is 4.54. The molecule has 2 unspecified atom stereocenters. The van der Waals surface area contributed by atoms with Crippen molar-refractivity contribution in [2.45, 2.75) is 45.1 Å². The van der Waals surface area contributed by atoms with Crippen LogP contribution in [0.2, 0.25) is 0 Å². The topological polar surface area (TPSA) is 20.2 Å². The molecule has 3 heteroatoms. The molecule has 0 aromatic carbocycles. The van der Waals surface area contributed by atoms with Crippen LogP contribution in [0.4, 0.5) is 0 Å². The van der Waals surface area contributed by atoms with Gasteiger partial charge in [-0.25, -0.2) is 0 Å². The van der Waals surface area contributed by atoms with Crippen LogP contribution in [0.25, 0.3) is 0 Å². The molecular formula is C13H19BrOS. The van der Waals surface area contributed by atoms with E-state index < -0.39 is 5.60 Å². The molecule has 1 fully saturated rings. The smallest absolute Gasteiger partial charge is 0.100 e. The lowest BCUT2D eigenvalue weighted by Gasteiger charge is -2.38. The molecule has 1 N–H and O–H groups in total. The highest BCUT2D eigenvalue weighted by molar-refractivity contribution is 9.10. The molecule has 2 rings (SSSR count). The largest absolute Gasteiger partial charge is 0.384 e. The number of hydrogen-bond donors (Lipinski definition) is 1. The summed E-state index contributed by atoms with van der Waals surface area (Å²) in [5.41, 5.74) is -0.583. The Hall–Kier alpha value is 0.140. The van der Waals surface area contributed by atoms with E-state index in [4.69, 9.17) is 0 Å². The van der Waals surface area contributed by atoms with E-state index in [0.29, 0.717) is 11.8 Å². The minimum Gasteiger partial charge on any atom is -0.384 e. The second-order valence-corrected chi connectivity index (χ2v) is 7.00. The lowest BCUT2D eigenvalue weighted by atomic mass is 9.73. The first-order valence-electron chi connectivity index (χ1n) is 5.99. The van der Waals surface area contributed by atoms with Gasteiger partial charge >= 0.3 is 0 Å². The molecular weight excluding hydrogens is 284 g/mol. The molecule has 1 nitrogen and oxygen atoms in total. The van der Waals surface area contributed by atoms with E-state index in [0.717, 1.165) is 28.6 Å². The third-order valence-corrected chi connectivity index (χ3v) is 5.78. The van der Waals surface area contributed by atoms with Gasteiger partial charge in [0.15, 0.2) is 0 Å². The van der Waals surface area contributed by atoms with Crippen molar-refractivity contribution >= 4 is 27.3 Å². The van der Waals surface area contributed by atoms with Crippen molar-refractivity contribution in [3.8, 4) is 0 Å². The first-order chi connectivity index (χ1) is 7.53. The Morgan fingerprint density at radius 1 is 1.56 bits per heavy atom. The summed E-state index contributed by atoms with van der Waals surface area (Å²) >= 11 is 5.22. The van der Waals surface area contributed by atoms with Gasteiger partial charge in [-0.1, -0.05) is 13.8 Å². The minimum atomic E-state index is -0.583. The highest BCUT2D eigenvalue weighted by Crippen LogP contribution is 2.46. The van der Waals surface area contributed by atoms with Gasteiger partial charge in [-0.15, -0.1) is 11.3 Å². The van der Waals surface area contributed by atoms with Crippen LogP contribution >= 0.6 is 27.3 Å². The van der Waals surface area contributed by atoms with Crippen LogP contribution in [-0.4, -0.2) is 5.11 Å². The fourth-order valence-corrected chi connectivity index (χ4v) is 4.58. The van der Waals surface area contributed by atoms with Gasteiger partial charge in [0.2, 0.25) is 0 Å². The zero-order valence-corrected chi connectivity index (χ0v) is 12.3. The van der Waals surface area contributed by atoms with E-state index in [2.05, 4.69) is 35.2 Å². The van der Waals surface area contributed by atoms with Crippen LogP contribution in [0.3, 0.4) is 0 Å². The molecule has 0 aliphatic heterocycles. The summed E-state index contributed by atoms with van der Waals surface area (Å²) in [5, 5.41) is 12.9. The third-order valence-electron chi connectivity index (χ3n) is 3.75. The summed E-state index contributed by atoms with van der Waals surface area (Å²) in [7, 11) is 0. The molecule has 0 radical (unpaired) electrons. The lowest BCUT2D eigenvalue weighted by molar-refractivity contribution is -0.0270. The average Bonchev–Trinajstić information content (AvgIpc) is 2.65. The molecule has 1 aromatic rings. The maximum Gasteiger partial charge on any atom is 0.100 e. The van der Waals surface area contributed by atoms with Crippen LogP contribution in [0.5, 0.6) is 0 Å². The number of aliphatic hydroxyl groups is 1. The molecule has 2 atom stereocenters. The van der Waals surface area contributed by atoms with Crippen molar-refractivity contribution in [2.75, 3.05) is 0 Å². The second-order valence-electron chi connectivity index (χ2n) is 5.23. The van der Waals surface area contributed by atoms with E-state index in [1.54, 1.807) is 11.3 Å². The van der Waals surface area contributed by atoms with Gasteiger partial charge in [0, 0.05) is 4.47 Å². The standard InChI is InChI=1S/C13H19BrOS/c1-9(2)10-4-3-6-13(15,8-10)12-11(14)5-7-16-12/h5,7,9-10,15H,3-4,6,8H2,1-2H3. The second kappa shape index (κ2) is 4.79. The van der Waals surface area contributed by atoms with E-state index in [1.807, 2.05) is 6.07 Å². The molecule has 0 saturated heterocycles. The maximum absolute atomic E-state index is 10.8. The lowest BCUT2D eigenvalue weighted by Crippen LogP contribution is -2.33. The third kappa shape index (κ3) is 2.36. The van der Waals surface area contributed by atoms with E-state index in [9.17, 15) is 5.11 Å². The highest BCUT2D eigenvalue weighted by Gasteiger charge is 2.38. The van der Waals surface area contributed by atoms with Crippen LogP contribution in [0.1, 0.15) is 44.4 Å². The van der Waals surface area contributed by atoms with Gasteiger partial charge in [0.25, 0.3) is 0 Å². The molecule has 1 aromatic heterocycles. The zero-order valence-electron chi connectivity index (χ0n) is 9.87. The van der Waals surface area contributed by atoms with Crippen LogP contribution in [-0.2, 0) is 5.60 Å². The van der Waals surface area contributed by atoms with Crippen LogP contribution < -0.4 is 0 Å². The Labute approximate surface area is 110 Å². The van der Waals surface area contributed by atoms with Gasteiger partial charge in [-0.05, 0) is 64.9 Å². The number of hydrogen-bond acceptors (Lipinski definition) is 2. The number of rotatable bonds is 2.